The van der Waals surface area contributed by atoms with Gasteiger partial charge in [-0.25, -0.2) is 0 Å². The average Bonchev–Trinajstić information content (AvgIpc) is 3.46. The topological polar surface area (TPSA) is 113 Å². The maximum atomic E-state index is 13.3. The Bertz CT molecular complexity index is 1420. The number of hydrogen-bond acceptors (Lipinski definition) is 5. The molecule has 38 heavy (non-hydrogen) atoms. The number of ketones is 1. The van der Waals surface area contributed by atoms with Crippen LogP contribution in [0.5, 0.6) is 0 Å². The van der Waals surface area contributed by atoms with Gasteiger partial charge in [-0.2, -0.15) is 23.4 Å². The quantitative estimate of drug-likeness (QED) is 0.534. The van der Waals surface area contributed by atoms with Gasteiger partial charge < -0.3 is 10.2 Å². The van der Waals surface area contributed by atoms with Crippen molar-refractivity contribution in [2.75, 3.05) is 19.6 Å². The molecule has 3 heterocycles. The first-order valence-electron chi connectivity index (χ1n) is 12.5. The molecule has 2 aliphatic rings. The molecule has 1 saturated heterocycles. The third-order valence-electron chi connectivity index (χ3n) is 7.43. The molecule has 0 radical (unpaired) electrons. The lowest BCUT2D eigenvalue weighted by Gasteiger charge is -2.43. The van der Waals surface area contributed by atoms with E-state index in [0.717, 1.165) is 12.0 Å². The molecule has 0 saturated carbocycles. The lowest BCUT2D eigenvalue weighted by atomic mass is 9.67. The predicted molar refractivity (Wildman–Crippen MR) is 132 cm³/mol. The van der Waals surface area contributed by atoms with Gasteiger partial charge in [0.25, 0.3) is 11.8 Å². The maximum Gasteiger partial charge on any atom is 0.405 e. The second-order valence-corrected chi connectivity index (χ2v) is 11.3. The van der Waals surface area contributed by atoms with E-state index in [9.17, 15) is 27.6 Å². The van der Waals surface area contributed by atoms with E-state index in [1.54, 1.807) is 17.0 Å². The van der Waals surface area contributed by atoms with Crippen LogP contribution in [-0.2, 0) is 12.0 Å². The minimum Gasteiger partial charge on any atom is -0.342 e. The van der Waals surface area contributed by atoms with E-state index in [4.69, 9.17) is 0 Å². The summed E-state index contributed by atoms with van der Waals surface area (Å²) in [6.07, 6.45) is -0.0994. The molecule has 2 aromatic heterocycles. The summed E-state index contributed by atoms with van der Waals surface area (Å²) in [5, 5.41) is 13.1. The first-order chi connectivity index (χ1) is 17.7. The van der Waals surface area contributed by atoms with Crippen molar-refractivity contribution in [1.29, 1.82) is 0 Å². The third kappa shape index (κ3) is 4.91. The van der Waals surface area contributed by atoms with Crippen molar-refractivity contribution in [2.45, 2.75) is 58.2 Å². The van der Waals surface area contributed by atoms with E-state index in [-0.39, 0.29) is 33.7 Å². The molecule has 1 aliphatic carbocycles. The molecule has 202 valence electrons. The fourth-order valence-electron chi connectivity index (χ4n) is 5.31. The Kier molecular flexibility index (Phi) is 6.11. The standard InChI is InChI=1S/C26H29F3N6O3/c1-24(2,3)35-13-16-11-25(12-19(36)20(16)33-35)6-8-34(9-7-25)23(38)15-4-5-18-17(10-15)21(32-31-18)22(37)30-14-26(27,28)29/h4-5,10,13H,6-9,11-12,14H2,1-3H3,(H,30,37)(H,31,32). The Labute approximate surface area is 216 Å². The van der Waals surface area contributed by atoms with Crippen LogP contribution in [0.15, 0.2) is 24.4 Å². The highest BCUT2D eigenvalue weighted by Gasteiger charge is 2.43. The van der Waals surface area contributed by atoms with Crippen LogP contribution in [0.25, 0.3) is 10.9 Å². The van der Waals surface area contributed by atoms with Gasteiger partial charge in [-0.1, -0.05) is 0 Å². The molecule has 0 bridgehead atoms. The number of benzene rings is 1. The molecule has 2 amide bonds. The molecular weight excluding hydrogens is 501 g/mol. The number of fused-ring (bicyclic) bond motifs is 2. The number of alkyl halides is 3. The van der Waals surface area contributed by atoms with Crippen LogP contribution in [0, 0.1) is 5.41 Å². The number of likely N-dealkylation sites (tertiary alicyclic amines) is 1. The minimum atomic E-state index is -4.55. The zero-order chi connectivity index (χ0) is 27.5. The first-order valence-corrected chi connectivity index (χ1v) is 12.5. The Morgan fingerprint density at radius 3 is 2.50 bits per heavy atom. The van der Waals surface area contributed by atoms with Gasteiger partial charge in [0, 0.05) is 42.2 Å². The Hall–Kier alpha value is -3.70. The monoisotopic (exact) mass is 530 g/mol. The van der Waals surface area contributed by atoms with Gasteiger partial charge in [-0.3, -0.25) is 24.2 Å². The summed E-state index contributed by atoms with van der Waals surface area (Å²) in [5.41, 5.74) is 1.60. The Balaban J connectivity index is 1.29. The van der Waals surface area contributed by atoms with Crippen LogP contribution < -0.4 is 5.32 Å². The van der Waals surface area contributed by atoms with Gasteiger partial charge >= 0.3 is 6.18 Å². The number of carbonyl (C=O) groups excluding carboxylic acids is 3. The number of aromatic nitrogens is 4. The van der Waals surface area contributed by atoms with Crippen molar-refractivity contribution in [2.24, 2.45) is 5.41 Å². The fourth-order valence-corrected chi connectivity index (χ4v) is 5.31. The number of nitrogens with zero attached hydrogens (tertiary/aromatic N) is 4. The minimum absolute atomic E-state index is 0.0377. The number of nitrogens with one attached hydrogen (secondary N) is 2. The average molecular weight is 531 g/mol. The van der Waals surface area contributed by atoms with Gasteiger partial charge in [0.15, 0.2) is 11.5 Å². The number of carbonyl (C=O) groups is 3. The van der Waals surface area contributed by atoms with Crippen molar-refractivity contribution in [1.82, 2.24) is 30.2 Å². The molecule has 0 unspecified atom stereocenters. The molecule has 2 N–H and O–H groups in total. The van der Waals surface area contributed by atoms with Crippen LogP contribution >= 0.6 is 0 Å². The van der Waals surface area contributed by atoms with Gasteiger partial charge in [0.1, 0.15) is 12.2 Å². The maximum absolute atomic E-state index is 13.3. The molecule has 9 nitrogen and oxygen atoms in total. The van der Waals surface area contributed by atoms with Crippen molar-refractivity contribution in [3.05, 3.63) is 46.9 Å². The SMILES string of the molecule is CC(C)(C)n1cc2c(n1)C(=O)CC1(CCN(C(=O)c3ccc4[nH]nc(C(=O)NCC(F)(F)F)c4c3)CC1)C2. The van der Waals surface area contributed by atoms with Gasteiger partial charge in [0.2, 0.25) is 0 Å². The van der Waals surface area contributed by atoms with Gasteiger partial charge in [-0.15, -0.1) is 0 Å². The molecule has 1 aliphatic heterocycles. The van der Waals surface area contributed by atoms with Crippen molar-refractivity contribution in [3.63, 3.8) is 0 Å². The zero-order valence-corrected chi connectivity index (χ0v) is 21.4. The number of aromatic amines is 1. The number of amides is 2. The second-order valence-electron chi connectivity index (χ2n) is 11.3. The molecular formula is C26H29F3N6O3. The summed E-state index contributed by atoms with van der Waals surface area (Å²) >= 11 is 0. The number of Topliss-reactive ketones (excluding diaryl/α,β-unsaturated/α-hetero) is 1. The molecule has 3 aromatic rings. The summed E-state index contributed by atoms with van der Waals surface area (Å²) in [5.74, 6) is -1.18. The van der Waals surface area contributed by atoms with Crippen LogP contribution in [0.4, 0.5) is 13.2 Å². The molecule has 5 rings (SSSR count). The fraction of sp³-hybridized carbons (Fsp3) is 0.500. The van der Waals surface area contributed by atoms with E-state index < -0.39 is 18.6 Å². The number of piperidine rings is 1. The molecule has 0 atom stereocenters. The van der Waals surface area contributed by atoms with Crippen LogP contribution in [0.1, 0.15) is 76.9 Å². The molecule has 1 fully saturated rings. The number of hydrogen-bond donors (Lipinski definition) is 2. The zero-order valence-electron chi connectivity index (χ0n) is 21.4. The Morgan fingerprint density at radius 1 is 1.13 bits per heavy atom. The summed E-state index contributed by atoms with van der Waals surface area (Å²) < 4.78 is 39.4. The van der Waals surface area contributed by atoms with E-state index >= 15 is 0 Å². The smallest absolute Gasteiger partial charge is 0.342 e. The summed E-state index contributed by atoms with van der Waals surface area (Å²) in [6, 6.07) is 4.66. The largest absolute Gasteiger partial charge is 0.405 e. The van der Waals surface area contributed by atoms with E-state index in [0.29, 0.717) is 49.1 Å². The van der Waals surface area contributed by atoms with E-state index in [1.807, 2.05) is 37.0 Å². The van der Waals surface area contributed by atoms with Crippen molar-refractivity contribution in [3.8, 4) is 0 Å². The highest BCUT2D eigenvalue weighted by Crippen LogP contribution is 2.43. The second kappa shape index (κ2) is 8.95. The molecule has 12 heteroatoms. The normalized spacial score (nSPS) is 17.6. The summed E-state index contributed by atoms with van der Waals surface area (Å²) in [4.78, 5) is 40.3. The summed E-state index contributed by atoms with van der Waals surface area (Å²) in [7, 11) is 0. The van der Waals surface area contributed by atoms with Crippen LogP contribution in [-0.4, -0.2) is 68.3 Å². The van der Waals surface area contributed by atoms with E-state index in [2.05, 4.69) is 15.3 Å². The molecule has 1 spiro atoms. The number of H-pyrrole nitrogens is 1. The highest BCUT2D eigenvalue weighted by molar-refractivity contribution is 6.07. The molecule has 1 aromatic carbocycles. The number of halogens is 3. The number of rotatable bonds is 3. The Morgan fingerprint density at radius 2 is 1.84 bits per heavy atom. The van der Waals surface area contributed by atoms with Crippen molar-refractivity contribution >= 4 is 28.5 Å². The van der Waals surface area contributed by atoms with Crippen LogP contribution in [0.2, 0.25) is 0 Å². The van der Waals surface area contributed by atoms with Crippen molar-refractivity contribution < 1.29 is 27.6 Å². The van der Waals surface area contributed by atoms with Gasteiger partial charge in [0.05, 0.1) is 11.1 Å². The van der Waals surface area contributed by atoms with Crippen LogP contribution in [0.3, 0.4) is 0 Å². The lowest BCUT2D eigenvalue weighted by Crippen LogP contribution is -2.46. The van der Waals surface area contributed by atoms with E-state index in [1.165, 1.54) is 6.07 Å². The summed E-state index contributed by atoms with van der Waals surface area (Å²) in [6.45, 7) is 5.57. The van der Waals surface area contributed by atoms with Gasteiger partial charge in [-0.05, 0) is 63.6 Å². The lowest BCUT2D eigenvalue weighted by molar-refractivity contribution is -0.123. The highest BCUT2D eigenvalue weighted by atomic mass is 19.4. The predicted octanol–water partition coefficient (Wildman–Crippen LogP) is 3.86. The first kappa shape index (κ1) is 25.9. The third-order valence-corrected chi connectivity index (χ3v) is 7.43.